The van der Waals surface area contributed by atoms with E-state index in [1.54, 1.807) is 12.1 Å². The van der Waals surface area contributed by atoms with Crippen LogP contribution in [0, 0.1) is 0 Å². The highest BCUT2D eigenvalue weighted by molar-refractivity contribution is 6.29. The Bertz CT molecular complexity index is 436. The third-order valence-corrected chi connectivity index (χ3v) is 1.94. The van der Waals surface area contributed by atoms with Crippen LogP contribution in [0.2, 0.25) is 5.15 Å². The Kier molecular flexibility index (Phi) is 1.96. The van der Waals surface area contributed by atoms with E-state index in [2.05, 4.69) is 9.97 Å². The van der Waals surface area contributed by atoms with E-state index in [0.717, 1.165) is 5.52 Å². The molecule has 2 heterocycles. The third-order valence-electron chi connectivity index (χ3n) is 1.73. The molecule has 0 saturated heterocycles. The van der Waals surface area contributed by atoms with E-state index in [-0.39, 0.29) is 5.92 Å². The summed E-state index contributed by atoms with van der Waals surface area (Å²) in [6, 6.07) is 3.51. The fraction of sp³-hybridized carbons (Fsp3) is 0.333. The Morgan fingerprint density at radius 1 is 1.31 bits per heavy atom. The van der Waals surface area contributed by atoms with Gasteiger partial charge in [0.25, 0.3) is 0 Å². The second-order valence-electron chi connectivity index (χ2n) is 3.17. The highest BCUT2D eigenvalue weighted by atomic mass is 35.5. The molecule has 13 heavy (non-hydrogen) atoms. The molecule has 2 rings (SSSR count). The minimum absolute atomic E-state index is 0.271. The van der Waals surface area contributed by atoms with Gasteiger partial charge in [0.2, 0.25) is 5.71 Å². The lowest BCUT2D eigenvalue weighted by Crippen LogP contribution is -1.84. The highest BCUT2D eigenvalue weighted by Crippen LogP contribution is 2.20. The second-order valence-corrected chi connectivity index (χ2v) is 3.55. The summed E-state index contributed by atoms with van der Waals surface area (Å²) in [7, 11) is 0. The molecule has 3 nitrogen and oxygen atoms in total. The zero-order valence-electron chi connectivity index (χ0n) is 7.41. The smallest absolute Gasteiger partial charge is 0.248 e. The number of pyridine rings is 1. The van der Waals surface area contributed by atoms with Gasteiger partial charge in [0.15, 0.2) is 5.89 Å². The number of hydrogen-bond acceptors (Lipinski definition) is 3. The van der Waals surface area contributed by atoms with E-state index in [0.29, 0.717) is 16.8 Å². The van der Waals surface area contributed by atoms with Crippen molar-refractivity contribution in [2.45, 2.75) is 19.8 Å². The predicted molar refractivity (Wildman–Crippen MR) is 50.9 cm³/mol. The van der Waals surface area contributed by atoms with Crippen molar-refractivity contribution in [3.05, 3.63) is 23.2 Å². The Balaban J connectivity index is 2.62. The standard InChI is InChI=1S/C9H9ClN2O/c1-5(2)8-11-6-3-4-7(10)12-9(6)13-8/h3-5H,1-2H3. The van der Waals surface area contributed by atoms with Crippen LogP contribution in [0.4, 0.5) is 0 Å². The summed E-state index contributed by atoms with van der Waals surface area (Å²) in [6.07, 6.45) is 0. The molecule has 4 heteroatoms. The van der Waals surface area contributed by atoms with E-state index in [9.17, 15) is 0 Å². The predicted octanol–water partition coefficient (Wildman–Crippen LogP) is 3.00. The van der Waals surface area contributed by atoms with Crippen molar-refractivity contribution in [2.24, 2.45) is 0 Å². The molecular formula is C9H9ClN2O. The number of halogens is 1. The van der Waals surface area contributed by atoms with Gasteiger partial charge < -0.3 is 4.42 Å². The van der Waals surface area contributed by atoms with Gasteiger partial charge in [-0.05, 0) is 12.1 Å². The molecule has 0 fully saturated rings. The summed E-state index contributed by atoms with van der Waals surface area (Å²) in [5.41, 5.74) is 1.27. The van der Waals surface area contributed by atoms with Crippen molar-refractivity contribution in [3.8, 4) is 0 Å². The molecule has 0 aliphatic carbocycles. The molecule has 0 radical (unpaired) electrons. The lowest BCUT2D eigenvalue weighted by atomic mass is 10.2. The molecular weight excluding hydrogens is 188 g/mol. The van der Waals surface area contributed by atoms with E-state index in [1.807, 2.05) is 13.8 Å². The summed E-state index contributed by atoms with van der Waals surface area (Å²) in [6.45, 7) is 4.04. The van der Waals surface area contributed by atoms with Crippen LogP contribution in [0.3, 0.4) is 0 Å². The van der Waals surface area contributed by atoms with Crippen molar-refractivity contribution in [2.75, 3.05) is 0 Å². The normalized spacial score (nSPS) is 11.4. The van der Waals surface area contributed by atoms with Gasteiger partial charge >= 0.3 is 0 Å². The first kappa shape index (κ1) is 8.51. The average Bonchev–Trinajstić information content (AvgIpc) is 2.46. The van der Waals surface area contributed by atoms with Gasteiger partial charge in [-0.3, -0.25) is 0 Å². The van der Waals surface area contributed by atoms with E-state index in [1.165, 1.54) is 0 Å². The van der Waals surface area contributed by atoms with Crippen molar-refractivity contribution >= 4 is 22.8 Å². The van der Waals surface area contributed by atoms with Crippen LogP contribution in [0.5, 0.6) is 0 Å². The molecule has 0 spiro atoms. The molecule has 0 N–H and O–H groups in total. The van der Waals surface area contributed by atoms with Crippen LogP contribution in [0.25, 0.3) is 11.2 Å². The molecule has 0 saturated carbocycles. The van der Waals surface area contributed by atoms with E-state index >= 15 is 0 Å². The van der Waals surface area contributed by atoms with Crippen LogP contribution in [-0.4, -0.2) is 9.97 Å². The molecule has 0 amide bonds. The van der Waals surface area contributed by atoms with Crippen molar-refractivity contribution in [1.29, 1.82) is 0 Å². The minimum Gasteiger partial charge on any atom is -0.422 e. The van der Waals surface area contributed by atoms with Crippen LogP contribution in [0.1, 0.15) is 25.7 Å². The monoisotopic (exact) mass is 196 g/mol. The number of aromatic nitrogens is 2. The largest absolute Gasteiger partial charge is 0.422 e. The molecule has 0 aliphatic rings. The van der Waals surface area contributed by atoms with Gasteiger partial charge in [-0.25, -0.2) is 4.98 Å². The van der Waals surface area contributed by atoms with Gasteiger partial charge in [0.05, 0.1) is 0 Å². The van der Waals surface area contributed by atoms with Crippen molar-refractivity contribution in [1.82, 2.24) is 9.97 Å². The molecule has 0 aromatic carbocycles. The number of oxazole rings is 1. The van der Waals surface area contributed by atoms with Gasteiger partial charge in [-0.2, -0.15) is 4.98 Å². The first-order chi connectivity index (χ1) is 6.16. The molecule has 2 aromatic heterocycles. The maximum Gasteiger partial charge on any atom is 0.248 e. The van der Waals surface area contributed by atoms with Gasteiger partial charge in [-0.15, -0.1) is 0 Å². The topological polar surface area (TPSA) is 38.9 Å². The lowest BCUT2D eigenvalue weighted by Gasteiger charge is -1.93. The molecule has 0 bridgehead atoms. The molecule has 0 atom stereocenters. The van der Waals surface area contributed by atoms with Crippen molar-refractivity contribution in [3.63, 3.8) is 0 Å². The van der Waals surface area contributed by atoms with Crippen molar-refractivity contribution < 1.29 is 4.42 Å². The lowest BCUT2D eigenvalue weighted by molar-refractivity contribution is 0.494. The maximum absolute atomic E-state index is 5.71. The van der Waals surface area contributed by atoms with Crippen LogP contribution in [-0.2, 0) is 0 Å². The number of fused-ring (bicyclic) bond motifs is 1. The first-order valence-corrected chi connectivity index (χ1v) is 4.47. The summed E-state index contributed by atoms with van der Waals surface area (Å²) >= 11 is 5.71. The average molecular weight is 197 g/mol. The Hall–Kier alpha value is -1.09. The minimum atomic E-state index is 0.271. The quantitative estimate of drug-likeness (QED) is 0.659. The zero-order chi connectivity index (χ0) is 9.42. The number of hydrogen-bond donors (Lipinski definition) is 0. The molecule has 68 valence electrons. The summed E-state index contributed by atoms with van der Waals surface area (Å²) in [5, 5.41) is 0.430. The fourth-order valence-corrected chi connectivity index (χ4v) is 1.20. The van der Waals surface area contributed by atoms with Gasteiger partial charge in [0.1, 0.15) is 10.7 Å². The Morgan fingerprint density at radius 2 is 2.08 bits per heavy atom. The van der Waals surface area contributed by atoms with Crippen LogP contribution >= 0.6 is 11.6 Å². The Morgan fingerprint density at radius 3 is 2.77 bits per heavy atom. The highest BCUT2D eigenvalue weighted by Gasteiger charge is 2.09. The maximum atomic E-state index is 5.71. The van der Waals surface area contributed by atoms with Crippen LogP contribution < -0.4 is 0 Å². The van der Waals surface area contributed by atoms with Gasteiger partial charge in [0, 0.05) is 5.92 Å². The summed E-state index contributed by atoms with van der Waals surface area (Å²) in [5.74, 6) is 0.970. The third kappa shape index (κ3) is 1.52. The fourth-order valence-electron chi connectivity index (χ4n) is 1.06. The number of rotatable bonds is 1. The molecule has 0 unspecified atom stereocenters. The zero-order valence-corrected chi connectivity index (χ0v) is 8.17. The molecule has 2 aromatic rings. The van der Waals surface area contributed by atoms with Gasteiger partial charge in [-0.1, -0.05) is 25.4 Å². The summed E-state index contributed by atoms with van der Waals surface area (Å²) < 4.78 is 5.40. The van der Waals surface area contributed by atoms with E-state index < -0.39 is 0 Å². The summed E-state index contributed by atoms with van der Waals surface area (Å²) in [4.78, 5) is 8.28. The van der Waals surface area contributed by atoms with Crippen LogP contribution in [0.15, 0.2) is 16.5 Å². The first-order valence-electron chi connectivity index (χ1n) is 4.10. The number of nitrogens with zero attached hydrogens (tertiary/aromatic N) is 2. The SMILES string of the molecule is CC(C)c1nc2ccc(Cl)nc2o1. The Labute approximate surface area is 80.7 Å². The molecule has 0 aliphatic heterocycles. The second kappa shape index (κ2) is 3.00. The van der Waals surface area contributed by atoms with E-state index in [4.69, 9.17) is 16.0 Å².